The summed E-state index contributed by atoms with van der Waals surface area (Å²) in [7, 11) is 0. The van der Waals surface area contributed by atoms with Gasteiger partial charge in [0.2, 0.25) is 0 Å². The molecule has 0 spiro atoms. The molecular formula is C16H26N2O3. The van der Waals surface area contributed by atoms with Crippen LogP contribution < -0.4 is 9.47 Å². The molecule has 0 saturated heterocycles. The average Bonchev–Trinajstić information content (AvgIpc) is 2.69. The fourth-order valence-electron chi connectivity index (χ4n) is 2.38. The Kier molecular flexibility index (Phi) is 5.85. The molecule has 5 nitrogen and oxygen atoms in total. The third-order valence-corrected chi connectivity index (χ3v) is 3.76. The highest BCUT2D eigenvalue weighted by Crippen LogP contribution is 2.33. The second-order valence-corrected chi connectivity index (χ2v) is 4.88. The Morgan fingerprint density at radius 2 is 1.14 bits per heavy atom. The summed E-state index contributed by atoms with van der Waals surface area (Å²) in [6.45, 7) is 11.8. The topological polar surface area (TPSA) is 34.2 Å². The average molecular weight is 294 g/mol. The van der Waals surface area contributed by atoms with Crippen LogP contribution in [0.15, 0.2) is 24.3 Å². The van der Waals surface area contributed by atoms with Crippen LogP contribution >= 0.6 is 0 Å². The summed E-state index contributed by atoms with van der Waals surface area (Å²) >= 11 is 0. The number of benzene rings is 1. The lowest BCUT2D eigenvalue weighted by atomic mass is 10.3. The minimum absolute atomic E-state index is 0.436. The lowest BCUT2D eigenvalue weighted by Crippen LogP contribution is -2.49. The summed E-state index contributed by atoms with van der Waals surface area (Å²) < 4.78 is 18.1. The maximum Gasteiger partial charge on any atom is 0.266 e. The van der Waals surface area contributed by atoms with Crippen LogP contribution in [0.3, 0.4) is 0 Å². The summed E-state index contributed by atoms with van der Waals surface area (Å²) in [4.78, 5) is 4.25. The van der Waals surface area contributed by atoms with Crippen molar-refractivity contribution in [3.8, 4) is 11.5 Å². The fraction of sp³-hybridized carbons (Fsp3) is 0.625. The molecule has 118 valence electrons. The quantitative estimate of drug-likeness (QED) is 0.806. The fourth-order valence-corrected chi connectivity index (χ4v) is 2.38. The Hall–Kier alpha value is -1.30. The van der Waals surface area contributed by atoms with E-state index in [1.54, 1.807) is 0 Å². The van der Waals surface area contributed by atoms with Gasteiger partial charge in [0.1, 0.15) is 0 Å². The van der Waals surface area contributed by atoms with E-state index in [1.165, 1.54) is 0 Å². The highest BCUT2D eigenvalue weighted by Gasteiger charge is 2.31. The van der Waals surface area contributed by atoms with Gasteiger partial charge < -0.3 is 9.47 Å². The van der Waals surface area contributed by atoms with Crippen LogP contribution in [0, 0.1) is 0 Å². The summed E-state index contributed by atoms with van der Waals surface area (Å²) in [5.41, 5.74) is 0. The van der Waals surface area contributed by atoms with Crippen molar-refractivity contribution in [1.82, 2.24) is 9.80 Å². The molecule has 0 fully saturated rings. The first-order valence-corrected chi connectivity index (χ1v) is 7.79. The highest BCUT2D eigenvalue weighted by atomic mass is 16.8. The van der Waals surface area contributed by atoms with Crippen LogP contribution in [-0.2, 0) is 4.74 Å². The Labute approximate surface area is 127 Å². The summed E-state index contributed by atoms with van der Waals surface area (Å²) in [6.07, 6.45) is -0.872. The Morgan fingerprint density at radius 1 is 0.762 bits per heavy atom. The first-order chi connectivity index (χ1) is 10.2. The van der Waals surface area contributed by atoms with Gasteiger partial charge in [-0.15, -0.1) is 0 Å². The zero-order valence-corrected chi connectivity index (χ0v) is 13.4. The standard InChI is InChI=1S/C16H26N2O3/c1-5-17(6-2)15-19-13-11-9-10-12-14(13)20-16(21-15)18(7-3)8-4/h9-12,15-16H,5-8H2,1-4H3. The Morgan fingerprint density at radius 3 is 1.48 bits per heavy atom. The number of hydrogen-bond acceptors (Lipinski definition) is 5. The number of hydrogen-bond donors (Lipinski definition) is 0. The molecule has 1 aliphatic rings. The smallest absolute Gasteiger partial charge is 0.266 e. The van der Waals surface area contributed by atoms with Gasteiger partial charge in [0.05, 0.1) is 0 Å². The van der Waals surface area contributed by atoms with Crippen LogP contribution in [0.2, 0.25) is 0 Å². The van der Waals surface area contributed by atoms with Gasteiger partial charge in [0.15, 0.2) is 11.5 Å². The molecule has 1 aromatic carbocycles. The van der Waals surface area contributed by atoms with Gasteiger partial charge in [-0.05, 0) is 12.1 Å². The van der Waals surface area contributed by atoms with E-state index >= 15 is 0 Å². The van der Waals surface area contributed by atoms with Gasteiger partial charge in [0.25, 0.3) is 12.8 Å². The number of para-hydroxylation sites is 2. The second-order valence-electron chi connectivity index (χ2n) is 4.88. The molecule has 0 aromatic heterocycles. The molecule has 0 radical (unpaired) electrons. The van der Waals surface area contributed by atoms with Crippen LogP contribution in [0.1, 0.15) is 27.7 Å². The van der Waals surface area contributed by atoms with E-state index in [2.05, 4.69) is 37.5 Å². The molecule has 5 heteroatoms. The molecule has 1 heterocycles. The molecule has 2 rings (SSSR count). The van der Waals surface area contributed by atoms with E-state index in [9.17, 15) is 0 Å². The van der Waals surface area contributed by atoms with Crippen molar-refractivity contribution in [2.24, 2.45) is 0 Å². The first kappa shape index (κ1) is 16.1. The predicted molar refractivity (Wildman–Crippen MR) is 82.2 cm³/mol. The normalized spacial score (nSPS) is 21.6. The van der Waals surface area contributed by atoms with E-state index in [0.29, 0.717) is 0 Å². The van der Waals surface area contributed by atoms with Crippen molar-refractivity contribution in [1.29, 1.82) is 0 Å². The molecule has 0 amide bonds. The van der Waals surface area contributed by atoms with Gasteiger partial charge in [-0.1, -0.05) is 39.8 Å². The minimum Gasteiger partial charge on any atom is -0.447 e. The highest BCUT2D eigenvalue weighted by molar-refractivity contribution is 5.39. The van der Waals surface area contributed by atoms with Crippen LogP contribution in [-0.4, -0.2) is 48.8 Å². The summed E-state index contributed by atoms with van der Waals surface area (Å²) in [6, 6.07) is 7.72. The van der Waals surface area contributed by atoms with Gasteiger partial charge in [-0.3, -0.25) is 4.74 Å². The van der Waals surface area contributed by atoms with Gasteiger partial charge in [-0.25, -0.2) is 9.80 Å². The maximum atomic E-state index is 6.09. The second kappa shape index (κ2) is 7.64. The summed E-state index contributed by atoms with van der Waals surface area (Å²) in [5.74, 6) is 1.45. The van der Waals surface area contributed by atoms with Crippen molar-refractivity contribution >= 4 is 0 Å². The largest absolute Gasteiger partial charge is 0.447 e. The van der Waals surface area contributed by atoms with E-state index < -0.39 is 12.8 Å². The molecule has 0 bridgehead atoms. The Balaban J connectivity index is 2.29. The number of fused-ring (bicyclic) bond motifs is 1. The monoisotopic (exact) mass is 294 g/mol. The van der Waals surface area contributed by atoms with Crippen molar-refractivity contribution in [2.45, 2.75) is 40.5 Å². The van der Waals surface area contributed by atoms with E-state index in [1.807, 2.05) is 24.3 Å². The number of ether oxygens (including phenoxy) is 3. The van der Waals surface area contributed by atoms with Crippen molar-refractivity contribution in [2.75, 3.05) is 26.2 Å². The van der Waals surface area contributed by atoms with E-state index in [-0.39, 0.29) is 0 Å². The molecule has 2 atom stereocenters. The molecule has 0 aliphatic carbocycles. The van der Waals surface area contributed by atoms with Crippen LogP contribution in [0.25, 0.3) is 0 Å². The third-order valence-electron chi connectivity index (χ3n) is 3.76. The van der Waals surface area contributed by atoms with E-state index in [4.69, 9.17) is 14.2 Å². The maximum absolute atomic E-state index is 6.09. The lowest BCUT2D eigenvalue weighted by molar-refractivity contribution is -0.273. The molecule has 1 aromatic rings. The SMILES string of the molecule is CCN(CC)C1Oc2ccccc2OC(N(CC)CC)O1. The Bertz CT molecular complexity index is 394. The van der Waals surface area contributed by atoms with Crippen LogP contribution in [0.4, 0.5) is 0 Å². The van der Waals surface area contributed by atoms with Crippen molar-refractivity contribution < 1.29 is 14.2 Å². The zero-order valence-electron chi connectivity index (χ0n) is 13.4. The van der Waals surface area contributed by atoms with Gasteiger partial charge >= 0.3 is 0 Å². The van der Waals surface area contributed by atoms with Gasteiger partial charge in [0, 0.05) is 26.2 Å². The van der Waals surface area contributed by atoms with E-state index in [0.717, 1.165) is 37.7 Å². The molecule has 0 saturated carbocycles. The minimum atomic E-state index is -0.436. The first-order valence-electron chi connectivity index (χ1n) is 7.79. The molecule has 0 N–H and O–H groups in total. The molecule has 21 heavy (non-hydrogen) atoms. The predicted octanol–water partition coefficient (Wildman–Crippen LogP) is 2.73. The zero-order chi connectivity index (χ0) is 15.2. The lowest BCUT2D eigenvalue weighted by Gasteiger charge is -2.33. The summed E-state index contributed by atoms with van der Waals surface area (Å²) in [5, 5.41) is 0. The van der Waals surface area contributed by atoms with Crippen molar-refractivity contribution in [3.05, 3.63) is 24.3 Å². The molecular weight excluding hydrogens is 268 g/mol. The number of nitrogens with zero attached hydrogens (tertiary/aromatic N) is 2. The third kappa shape index (κ3) is 3.67. The van der Waals surface area contributed by atoms with Crippen LogP contribution in [0.5, 0.6) is 11.5 Å². The van der Waals surface area contributed by atoms with Gasteiger partial charge in [-0.2, -0.15) is 0 Å². The number of rotatable bonds is 6. The van der Waals surface area contributed by atoms with Crippen molar-refractivity contribution in [3.63, 3.8) is 0 Å². The molecule has 1 aliphatic heterocycles. The molecule has 2 unspecified atom stereocenters.